The number of halogens is 2. The molecule has 7 heteroatoms. The van der Waals surface area contributed by atoms with Crippen LogP contribution in [0, 0.1) is 6.92 Å². The zero-order valence-electron chi connectivity index (χ0n) is 15.2. The first-order valence-corrected chi connectivity index (χ1v) is 10.3. The quantitative estimate of drug-likeness (QED) is 0.376. The van der Waals surface area contributed by atoms with Crippen LogP contribution in [-0.4, -0.2) is 21.0 Å². The van der Waals surface area contributed by atoms with Crippen LogP contribution in [0.1, 0.15) is 15.9 Å². The van der Waals surface area contributed by atoms with Gasteiger partial charge in [0, 0.05) is 28.3 Å². The van der Waals surface area contributed by atoms with E-state index < -0.39 is 5.97 Å². The van der Waals surface area contributed by atoms with Crippen LogP contribution in [0.2, 0.25) is 10.0 Å². The molecule has 2 heterocycles. The molecule has 29 heavy (non-hydrogen) atoms. The van der Waals surface area contributed by atoms with Gasteiger partial charge in [-0.15, -0.1) is 11.3 Å². The topological polar surface area (TPSA) is 63.1 Å². The van der Waals surface area contributed by atoms with Gasteiger partial charge in [0.2, 0.25) is 0 Å². The molecule has 0 aliphatic rings. The summed E-state index contributed by atoms with van der Waals surface area (Å²) in [6.45, 7) is 1.94. The average molecular weight is 441 g/mol. The third-order valence-corrected chi connectivity index (χ3v) is 6.03. The summed E-state index contributed by atoms with van der Waals surface area (Å²) in [5.74, 6) is -1.01. The Kier molecular flexibility index (Phi) is 5.37. The van der Waals surface area contributed by atoms with E-state index in [0.717, 1.165) is 27.4 Å². The van der Waals surface area contributed by atoms with Crippen LogP contribution in [0.5, 0.6) is 0 Å². The largest absolute Gasteiger partial charge is 0.478 e. The molecule has 0 radical (unpaired) electrons. The Morgan fingerprint density at radius 1 is 0.966 bits per heavy atom. The molecule has 0 atom stereocenters. The summed E-state index contributed by atoms with van der Waals surface area (Å²) < 4.78 is 0. The second-order valence-electron chi connectivity index (χ2n) is 6.45. The Bertz CT molecular complexity index is 1220. The fourth-order valence-corrected chi connectivity index (χ4v) is 4.02. The molecule has 0 spiro atoms. The summed E-state index contributed by atoms with van der Waals surface area (Å²) in [5, 5.41) is 13.3. The number of carboxylic acids is 1. The van der Waals surface area contributed by atoms with Gasteiger partial charge < -0.3 is 5.11 Å². The van der Waals surface area contributed by atoms with Crippen molar-refractivity contribution in [3.8, 4) is 33.1 Å². The second kappa shape index (κ2) is 7.95. The lowest BCUT2D eigenvalue weighted by atomic mass is 10.0. The lowest BCUT2D eigenvalue weighted by molar-refractivity contribution is 0.0697. The smallest absolute Gasteiger partial charge is 0.336 e. The Morgan fingerprint density at radius 3 is 2.45 bits per heavy atom. The van der Waals surface area contributed by atoms with Crippen molar-refractivity contribution >= 4 is 40.5 Å². The maximum absolute atomic E-state index is 11.9. The van der Waals surface area contributed by atoms with Crippen LogP contribution in [-0.2, 0) is 0 Å². The Morgan fingerprint density at radius 2 is 1.76 bits per heavy atom. The predicted octanol–water partition coefficient (Wildman–Crippen LogP) is 6.85. The van der Waals surface area contributed by atoms with E-state index in [9.17, 15) is 9.90 Å². The van der Waals surface area contributed by atoms with Crippen molar-refractivity contribution in [1.82, 2.24) is 9.97 Å². The molecule has 2 aromatic carbocycles. The minimum absolute atomic E-state index is 0.185. The van der Waals surface area contributed by atoms with Crippen LogP contribution in [0.3, 0.4) is 0 Å². The molecule has 0 unspecified atom stereocenters. The third kappa shape index (κ3) is 4.03. The zero-order chi connectivity index (χ0) is 20.5. The molecule has 0 amide bonds. The Balaban J connectivity index is 1.73. The fourth-order valence-electron chi connectivity index (χ4n) is 2.90. The van der Waals surface area contributed by atoms with Gasteiger partial charge in [-0.05, 0) is 36.8 Å². The molecule has 4 nitrogen and oxygen atoms in total. The third-order valence-electron chi connectivity index (χ3n) is 4.40. The van der Waals surface area contributed by atoms with Gasteiger partial charge in [-0.2, -0.15) is 0 Å². The Labute approximate surface area is 181 Å². The first-order chi connectivity index (χ1) is 13.9. The summed E-state index contributed by atoms with van der Waals surface area (Å²) in [6, 6.07) is 14.3. The van der Waals surface area contributed by atoms with E-state index >= 15 is 0 Å². The molecule has 4 aromatic rings. The van der Waals surface area contributed by atoms with Crippen LogP contribution in [0.25, 0.3) is 33.1 Å². The standard InChI is InChI=1S/C22H14Cl2N2O2S/c1-12-2-7-19(25-10-12)15-5-3-14(8-16(15)22(27)28)21-26-20(11-29-21)13-4-6-17(23)18(24)9-13/h2-11H,1H3,(H,27,28). The molecule has 0 bridgehead atoms. The van der Waals surface area contributed by atoms with Gasteiger partial charge in [0.15, 0.2) is 0 Å². The van der Waals surface area contributed by atoms with Crippen molar-refractivity contribution in [1.29, 1.82) is 0 Å². The monoisotopic (exact) mass is 440 g/mol. The van der Waals surface area contributed by atoms with Gasteiger partial charge in [-0.25, -0.2) is 9.78 Å². The molecule has 0 aliphatic carbocycles. The number of nitrogens with zero attached hydrogens (tertiary/aromatic N) is 2. The van der Waals surface area contributed by atoms with Crippen molar-refractivity contribution in [2.45, 2.75) is 6.92 Å². The van der Waals surface area contributed by atoms with Crippen molar-refractivity contribution in [3.05, 3.63) is 81.3 Å². The molecular weight excluding hydrogens is 427 g/mol. The number of thiazole rings is 1. The molecule has 144 valence electrons. The highest BCUT2D eigenvalue weighted by Gasteiger charge is 2.16. The lowest BCUT2D eigenvalue weighted by Gasteiger charge is -2.08. The normalized spacial score (nSPS) is 10.9. The number of benzene rings is 2. The van der Waals surface area contributed by atoms with E-state index in [0.29, 0.717) is 21.3 Å². The highest BCUT2D eigenvalue weighted by Crippen LogP contribution is 2.34. The number of rotatable bonds is 4. The number of carboxylic acid groups (broad SMARTS) is 1. The SMILES string of the molecule is Cc1ccc(-c2ccc(-c3nc(-c4ccc(Cl)c(Cl)c4)cs3)cc2C(=O)O)nc1. The van der Waals surface area contributed by atoms with Gasteiger partial charge >= 0.3 is 5.97 Å². The average Bonchev–Trinajstić information content (AvgIpc) is 3.20. The van der Waals surface area contributed by atoms with Crippen LogP contribution in [0.15, 0.2) is 60.1 Å². The van der Waals surface area contributed by atoms with Gasteiger partial charge in [-0.3, -0.25) is 4.98 Å². The lowest BCUT2D eigenvalue weighted by Crippen LogP contribution is -2.01. The minimum atomic E-state index is -1.01. The summed E-state index contributed by atoms with van der Waals surface area (Å²) >= 11 is 13.5. The maximum Gasteiger partial charge on any atom is 0.336 e. The maximum atomic E-state index is 11.9. The highest BCUT2D eigenvalue weighted by molar-refractivity contribution is 7.13. The molecule has 2 aromatic heterocycles. The van der Waals surface area contributed by atoms with Crippen molar-refractivity contribution < 1.29 is 9.90 Å². The molecule has 0 fully saturated rings. The number of aryl methyl sites for hydroxylation is 1. The number of pyridine rings is 1. The first kappa shape index (κ1) is 19.6. The van der Waals surface area contributed by atoms with Crippen LogP contribution >= 0.6 is 34.5 Å². The molecule has 1 N–H and O–H groups in total. The number of aromatic nitrogens is 2. The van der Waals surface area contributed by atoms with E-state index in [-0.39, 0.29) is 5.56 Å². The second-order valence-corrected chi connectivity index (χ2v) is 8.13. The summed E-state index contributed by atoms with van der Waals surface area (Å²) in [5.41, 5.74) is 4.72. The van der Waals surface area contributed by atoms with Gasteiger partial charge in [0.05, 0.1) is 27.0 Å². The van der Waals surface area contributed by atoms with Crippen LogP contribution < -0.4 is 0 Å². The number of aromatic carboxylic acids is 1. The van der Waals surface area contributed by atoms with Gasteiger partial charge in [0.25, 0.3) is 0 Å². The molecule has 4 rings (SSSR count). The van der Waals surface area contributed by atoms with E-state index in [1.807, 2.05) is 36.6 Å². The first-order valence-electron chi connectivity index (χ1n) is 8.64. The number of hydrogen-bond acceptors (Lipinski definition) is 4. The van der Waals surface area contributed by atoms with Crippen molar-refractivity contribution in [2.75, 3.05) is 0 Å². The van der Waals surface area contributed by atoms with E-state index in [2.05, 4.69) is 9.97 Å². The molecular formula is C22H14Cl2N2O2S. The molecule has 0 saturated carbocycles. The van der Waals surface area contributed by atoms with E-state index in [4.69, 9.17) is 23.2 Å². The minimum Gasteiger partial charge on any atom is -0.478 e. The fraction of sp³-hybridized carbons (Fsp3) is 0.0455. The number of hydrogen-bond donors (Lipinski definition) is 1. The van der Waals surface area contributed by atoms with Gasteiger partial charge in [0.1, 0.15) is 5.01 Å². The summed E-state index contributed by atoms with van der Waals surface area (Å²) in [4.78, 5) is 20.9. The van der Waals surface area contributed by atoms with Crippen molar-refractivity contribution in [2.24, 2.45) is 0 Å². The summed E-state index contributed by atoms with van der Waals surface area (Å²) in [6.07, 6.45) is 1.72. The molecule has 0 saturated heterocycles. The van der Waals surface area contributed by atoms with Gasteiger partial charge in [-0.1, -0.05) is 47.5 Å². The van der Waals surface area contributed by atoms with Crippen molar-refractivity contribution in [3.63, 3.8) is 0 Å². The van der Waals surface area contributed by atoms with E-state index in [1.165, 1.54) is 11.3 Å². The summed E-state index contributed by atoms with van der Waals surface area (Å²) in [7, 11) is 0. The molecule has 0 aliphatic heterocycles. The highest BCUT2D eigenvalue weighted by atomic mass is 35.5. The zero-order valence-corrected chi connectivity index (χ0v) is 17.5. The predicted molar refractivity (Wildman–Crippen MR) is 118 cm³/mol. The van der Waals surface area contributed by atoms with E-state index in [1.54, 1.807) is 30.5 Å². The van der Waals surface area contributed by atoms with Crippen LogP contribution in [0.4, 0.5) is 0 Å². The number of carbonyl (C=O) groups is 1. The Hall–Kier alpha value is -2.73.